The monoisotopic (exact) mass is 467 g/mol. The number of benzene rings is 1. The molecule has 0 aliphatic carbocycles. The van der Waals surface area contributed by atoms with E-state index in [4.69, 9.17) is 0 Å². The number of para-hydroxylation sites is 1. The van der Waals surface area contributed by atoms with Crippen LogP contribution < -0.4 is 0 Å². The number of aromatic amines is 1. The number of rotatable bonds is 6. The number of carboxylic acids is 1. The maximum atomic E-state index is 13.5. The Balaban J connectivity index is 1.53. The first-order chi connectivity index (χ1) is 16.2. The molecule has 0 unspecified atom stereocenters. The van der Waals surface area contributed by atoms with Crippen LogP contribution in [0.15, 0.2) is 30.5 Å². The highest BCUT2D eigenvalue weighted by molar-refractivity contribution is 6.17. The summed E-state index contributed by atoms with van der Waals surface area (Å²) in [7, 11) is 0. The van der Waals surface area contributed by atoms with Gasteiger partial charge in [0.05, 0.1) is 11.3 Å². The quantitative estimate of drug-likeness (QED) is 0.681. The molecule has 0 atom stereocenters. The molecule has 4 rings (SSSR count). The molecule has 8 nitrogen and oxygen atoms in total. The fraction of sp³-hybridized carbons (Fsp3) is 0.538. The maximum Gasteiger partial charge on any atom is 0.339 e. The SMILES string of the molecule is CCN(CC)CCN1CCN(C(=O)N2C=C(C(=O)O)c3[nH]c4ccccc4c3C(C)(C)C2)CC1. The topological polar surface area (TPSA) is 83.1 Å². The summed E-state index contributed by atoms with van der Waals surface area (Å²) >= 11 is 0. The molecule has 0 bridgehead atoms. The van der Waals surface area contributed by atoms with Crippen LogP contribution in [0, 0.1) is 0 Å². The van der Waals surface area contributed by atoms with Gasteiger partial charge >= 0.3 is 12.0 Å². The molecule has 0 radical (unpaired) electrons. The number of H-pyrrole nitrogens is 1. The molecule has 184 valence electrons. The van der Waals surface area contributed by atoms with Gasteiger partial charge in [0.15, 0.2) is 0 Å². The van der Waals surface area contributed by atoms with Gasteiger partial charge in [-0.15, -0.1) is 0 Å². The third-order valence-corrected chi connectivity index (χ3v) is 7.25. The molecule has 2 aromatic rings. The molecular weight excluding hydrogens is 430 g/mol. The summed E-state index contributed by atoms with van der Waals surface area (Å²) in [6.07, 6.45) is 1.53. The third kappa shape index (κ3) is 4.70. The van der Waals surface area contributed by atoms with E-state index >= 15 is 0 Å². The van der Waals surface area contributed by atoms with Crippen LogP contribution in [-0.4, -0.2) is 101 Å². The Morgan fingerprint density at radius 3 is 2.41 bits per heavy atom. The predicted octanol–water partition coefficient (Wildman–Crippen LogP) is 3.27. The van der Waals surface area contributed by atoms with Crippen molar-refractivity contribution in [1.82, 2.24) is 24.6 Å². The Morgan fingerprint density at radius 2 is 1.76 bits per heavy atom. The van der Waals surface area contributed by atoms with Crippen molar-refractivity contribution in [3.8, 4) is 0 Å². The fourth-order valence-corrected chi connectivity index (χ4v) is 5.27. The van der Waals surface area contributed by atoms with E-state index < -0.39 is 11.4 Å². The van der Waals surface area contributed by atoms with E-state index in [-0.39, 0.29) is 11.6 Å². The number of piperazine rings is 1. The van der Waals surface area contributed by atoms with Crippen LogP contribution in [0.1, 0.15) is 39.0 Å². The Bertz CT molecular complexity index is 1080. The number of urea groups is 1. The van der Waals surface area contributed by atoms with Crippen molar-refractivity contribution in [2.75, 3.05) is 58.9 Å². The molecule has 2 amide bonds. The van der Waals surface area contributed by atoms with E-state index in [0.29, 0.717) is 25.3 Å². The second-order valence-corrected chi connectivity index (χ2v) is 9.92. The number of carbonyl (C=O) groups is 2. The zero-order valence-corrected chi connectivity index (χ0v) is 20.8. The number of aromatic nitrogens is 1. The van der Waals surface area contributed by atoms with Crippen LogP contribution in [0.25, 0.3) is 16.5 Å². The Labute approximate surface area is 201 Å². The molecule has 1 aromatic carbocycles. The highest BCUT2D eigenvalue weighted by Crippen LogP contribution is 2.40. The van der Waals surface area contributed by atoms with Gasteiger partial charge in [-0.2, -0.15) is 0 Å². The summed E-state index contributed by atoms with van der Waals surface area (Å²) in [6, 6.07) is 7.75. The van der Waals surface area contributed by atoms with E-state index in [0.717, 1.165) is 55.7 Å². The number of hydrogen-bond acceptors (Lipinski definition) is 4. The average Bonchev–Trinajstić information content (AvgIpc) is 3.17. The summed E-state index contributed by atoms with van der Waals surface area (Å²) < 4.78 is 0. The van der Waals surface area contributed by atoms with Crippen molar-refractivity contribution in [2.45, 2.75) is 33.1 Å². The lowest BCUT2D eigenvalue weighted by atomic mass is 9.82. The van der Waals surface area contributed by atoms with Gasteiger partial charge in [-0.05, 0) is 24.7 Å². The van der Waals surface area contributed by atoms with Crippen LogP contribution in [0.3, 0.4) is 0 Å². The lowest BCUT2D eigenvalue weighted by molar-refractivity contribution is -0.130. The normalized spacial score (nSPS) is 18.7. The summed E-state index contributed by atoms with van der Waals surface area (Å²) in [5.74, 6) is -1.04. The van der Waals surface area contributed by atoms with Gasteiger partial charge in [0.2, 0.25) is 0 Å². The zero-order chi connectivity index (χ0) is 24.5. The van der Waals surface area contributed by atoms with Crippen LogP contribution in [0.4, 0.5) is 4.79 Å². The Morgan fingerprint density at radius 1 is 1.09 bits per heavy atom. The highest BCUT2D eigenvalue weighted by Gasteiger charge is 2.38. The second kappa shape index (κ2) is 9.80. The molecular formula is C26H37N5O3. The second-order valence-electron chi connectivity index (χ2n) is 9.92. The van der Waals surface area contributed by atoms with Gasteiger partial charge in [-0.25, -0.2) is 9.59 Å². The number of fused-ring (bicyclic) bond motifs is 3. The van der Waals surface area contributed by atoms with Gasteiger partial charge in [-0.3, -0.25) is 9.80 Å². The summed E-state index contributed by atoms with van der Waals surface area (Å²) in [4.78, 5) is 37.4. The molecule has 0 spiro atoms. The Hall–Kier alpha value is -2.84. The molecule has 0 saturated carbocycles. The average molecular weight is 468 g/mol. The molecule has 2 N–H and O–H groups in total. The number of likely N-dealkylation sites (N-methyl/N-ethyl adjacent to an activating group) is 1. The standard InChI is InChI=1S/C26H37N5O3/c1-5-28(6-2)11-12-29-13-15-30(16-14-29)25(34)31-17-20(24(32)33)23-22(26(3,4)18-31)19-9-7-8-10-21(19)27-23/h7-10,17,27H,5-6,11-16,18H2,1-4H3,(H,32,33). The van der Waals surface area contributed by atoms with Crippen molar-refractivity contribution in [3.63, 3.8) is 0 Å². The number of aliphatic carboxylic acids is 1. The number of nitrogens with zero attached hydrogens (tertiary/aromatic N) is 4. The minimum atomic E-state index is -1.04. The molecule has 2 aliphatic heterocycles. The first kappa shape index (κ1) is 24.3. The molecule has 1 aromatic heterocycles. The van der Waals surface area contributed by atoms with Gasteiger partial charge in [0.1, 0.15) is 0 Å². The van der Waals surface area contributed by atoms with Crippen LogP contribution in [-0.2, 0) is 10.2 Å². The van der Waals surface area contributed by atoms with Crippen molar-refractivity contribution in [2.24, 2.45) is 0 Å². The number of carboxylic acid groups (broad SMARTS) is 1. The van der Waals surface area contributed by atoms with Gasteiger partial charge in [0, 0.05) is 68.3 Å². The minimum absolute atomic E-state index is 0.121. The largest absolute Gasteiger partial charge is 0.478 e. The number of hydrogen-bond donors (Lipinski definition) is 2. The summed E-state index contributed by atoms with van der Waals surface area (Å²) in [6.45, 7) is 16.1. The molecule has 1 saturated heterocycles. The van der Waals surface area contributed by atoms with E-state index in [2.05, 4.69) is 42.5 Å². The van der Waals surface area contributed by atoms with Crippen molar-refractivity contribution >= 4 is 28.5 Å². The zero-order valence-electron chi connectivity index (χ0n) is 20.8. The third-order valence-electron chi connectivity index (χ3n) is 7.25. The van der Waals surface area contributed by atoms with Gasteiger partial charge in [0.25, 0.3) is 0 Å². The first-order valence-corrected chi connectivity index (χ1v) is 12.3. The van der Waals surface area contributed by atoms with Crippen molar-refractivity contribution < 1.29 is 14.7 Å². The molecule has 8 heteroatoms. The van der Waals surface area contributed by atoms with Crippen LogP contribution >= 0.6 is 0 Å². The van der Waals surface area contributed by atoms with Crippen LogP contribution in [0.2, 0.25) is 0 Å². The van der Waals surface area contributed by atoms with E-state index in [1.807, 2.05) is 29.2 Å². The first-order valence-electron chi connectivity index (χ1n) is 12.3. The number of nitrogens with one attached hydrogen (secondary N) is 1. The van der Waals surface area contributed by atoms with Gasteiger partial charge in [-0.1, -0.05) is 45.9 Å². The van der Waals surface area contributed by atoms with E-state index in [9.17, 15) is 14.7 Å². The Kier molecular flexibility index (Phi) is 7.00. The van der Waals surface area contributed by atoms with Crippen LogP contribution in [0.5, 0.6) is 0 Å². The lowest BCUT2D eigenvalue weighted by Gasteiger charge is -2.38. The highest BCUT2D eigenvalue weighted by atomic mass is 16.4. The molecule has 3 heterocycles. The summed E-state index contributed by atoms with van der Waals surface area (Å²) in [5.41, 5.74) is 2.16. The summed E-state index contributed by atoms with van der Waals surface area (Å²) in [5, 5.41) is 11.0. The van der Waals surface area contributed by atoms with Crippen molar-refractivity contribution in [1.29, 1.82) is 0 Å². The van der Waals surface area contributed by atoms with E-state index in [1.165, 1.54) is 6.20 Å². The number of carbonyl (C=O) groups excluding carboxylic acids is 1. The van der Waals surface area contributed by atoms with Gasteiger partial charge < -0.3 is 19.9 Å². The molecule has 34 heavy (non-hydrogen) atoms. The molecule has 1 fully saturated rings. The fourth-order valence-electron chi connectivity index (χ4n) is 5.27. The predicted molar refractivity (Wildman–Crippen MR) is 135 cm³/mol. The van der Waals surface area contributed by atoms with E-state index in [1.54, 1.807) is 4.90 Å². The maximum absolute atomic E-state index is 13.5. The minimum Gasteiger partial charge on any atom is -0.478 e. The molecule has 2 aliphatic rings. The smallest absolute Gasteiger partial charge is 0.339 e. The number of amides is 2. The lowest BCUT2D eigenvalue weighted by Crippen LogP contribution is -2.54. The van der Waals surface area contributed by atoms with Crippen molar-refractivity contribution in [3.05, 3.63) is 41.7 Å².